The van der Waals surface area contributed by atoms with Gasteiger partial charge in [-0.1, -0.05) is 37.5 Å². The molecule has 0 saturated heterocycles. The van der Waals surface area contributed by atoms with Crippen LogP contribution in [0.5, 0.6) is 5.75 Å². The van der Waals surface area contributed by atoms with Crippen molar-refractivity contribution in [1.29, 1.82) is 0 Å². The van der Waals surface area contributed by atoms with E-state index in [4.69, 9.17) is 0 Å². The molecular formula is C25H24F6N4O. The number of halogens is 6. The van der Waals surface area contributed by atoms with Crippen LogP contribution in [0.15, 0.2) is 48.5 Å². The maximum Gasteiger partial charge on any atom is 0.573 e. The molecule has 1 saturated carbocycles. The fourth-order valence-electron chi connectivity index (χ4n) is 4.08. The lowest BCUT2D eigenvalue weighted by atomic mass is 9.96. The molecule has 2 N–H and O–H groups in total. The van der Waals surface area contributed by atoms with E-state index in [-0.39, 0.29) is 29.2 Å². The molecule has 1 aliphatic rings. The molecule has 1 fully saturated rings. The van der Waals surface area contributed by atoms with E-state index in [1.165, 1.54) is 30.3 Å². The van der Waals surface area contributed by atoms with Gasteiger partial charge in [0.1, 0.15) is 11.6 Å². The second-order valence-corrected chi connectivity index (χ2v) is 8.67. The molecule has 0 unspecified atom stereocenters. The summed E-state index contributed by atoms with van der Waals surface area (Å²) in [5.74, 6) is 0.0141. The van der Waals surface area contributed by atoms with Crippen LogP contribution in [0.25, 0.3) is 11.3 Å². The summed E-state index contributed by atoms with van der Waals surface area (Å²) in [6, 6.07) is 10.3. The highest BCUT2D eigenvalue weighted by atomic mass is 19.4. The predicted octanol–water partition coefficient (Wildman–Crippen LogP) is 7.86. The number of rotatable bonds is 6. The summed E-state index contributed by atoms with van der Waals surface area (Å²) in [6.07, 6.45) is -4.33. The van der Waals surface area contributed by atoms with Crippen molar-refractivity contribution in [3.05, 3.63) is 59.7 Å². The highest BCUT2D eigenvalue weighted by Gasteiger charge is 2.32. The fraction of sp³-hybridized carbons (Fsp3) is 0.360. The highest BCUT2D eigenvalue weighted by molar-refractivity contribution is 5.69. The molecule has 0 atom stereocenters. The van der Waals surface area contributed by atoms with Gasteiger partial charge in [0.2, 0.25) is 5.95 Å². The third kappa shape index (κ3) is 6.79. The summed E-state index contributed by atoms with van der Waals surface area (Å²) in [6.45, 7) is 1.66. The smallest absolute Gasteiger partial charge is 0.406 e. The van der Waals surface area contributed by atoms with E-state index in [0.717, 1.165) is 44.2 Å². The number of benzene rings is 2. The van der Waals surface area contributed by atoms with Gasteiger partial charge in [0, 0.05) is 23.4 Å². The average molecular weight is 510 g/mol. The maximum atomic E-state index is 13.2. The van der Waals surface area contributed by atoms with Gasteiger partial charge >= 0.3 is 12.5 Å². The van der Waals surface area contributed by atoms with E-state index in [2.05, 4.69) is 25.3 Å². The number of ether oxygens (including phenoxy) is 1. The zero-order chi connectivity index (χ0) is 25.9. The minimum absolute atomic E-state index is 0.122. The Morgan fingerprint density at radius 1 is 0.889 bits per heavy atom. The first kappa shape index (κ1) is 25.6. The Bertz CT molecular complexity index is 1210. The van der Waals surface area contributed by atoms with E-state index in [1.54, 1.807) is 13.0 Å². The van der Waals surface area contributed by atoms with Gasteiger partial charge in [0.05, 0.1) is 11.3 Å². The lowest BCUT2D eigenvalue weighted by Gasteiger charge is -2.23. The number of nitrogens with zero attached hydrogens (tertiary/aromatic N) is 2. The number of anilines is 3. The number of alkyl halides is 6. The van der Waals surface area contributed by atoms with Crippen molar-refractivity contribution in [2.75, 3.05) is 10.6 Å². The molecule has 1 aromatic heterocycles. The molecule has 3 aromatic rings. The molecule has 0 aliphatic heterocycles. The maximum absolute atomic E-state index is 13.2. The van der Waals surface area contributed by atoms with Crippen LogP contribution in [-0.2, 0) is 6.18 Å². The van der Waals surface area contributed by atoms with Crippen molar-refractivity contribution in [3.8, 4) is 17.0 Å². The zero-order valence-electron chi connectivity index (χ0n) is 19.3. The SMILES string of the molecule is Cc1ccc(C(F)(F)F)cc1Nc1cc(-c2cccc(OC(F)(F)F)c2)nc(NC2CCCCC2)n1. The molecule has 1 heterocycles. The van der Waals surface area contributed by atoms with Gasteiger partial charge < -0.3 is 15.4 Å². The molecule has 0 radical (unpaired) electrons. The summed E-state index contributed by atoms with van der Waals surface area (Å²) < 4.78 is 81.9. The Labute approximate surface area is 203 Å². The molecule has 0 bridgehead atoms. The van der Waals surface area contributed by atoms with Crippen LogP contribution in [0, 0.1) is 6.92 Å². The topological polar surface area (TPSA) is 59.1 Å². The van der Waals surface area contributed by atoms with Gasteiger partial charge in [-0.05, 0) is 49.6 Å². The quantitative estimate of drug-likeness (QED) is 0.331. The third-order valence-corrected chi connectivity index (χ3v) is 5.86. The number of aromatic nitrogens is 2. The number of aryl methyl sites for hydroxylation is 1. The standard InChI is InChI=1S/C25H24F6N4O/c1-15-10-11-17(24(26,27)28)13-20(15)33-22-14-21(16-6-5-9-19(12-16)36-25(29,30)31)34-23(35-22)32-18-7-3-2-4-8-18/h5-6,9-14,18H,2-4,7-8H2,1H3,(H2,32,33,34,35). The first-order valence-electron chi connectivity index (χ1n) is 11.4. The molecule has 36 heavy (non-hydrogen) atoms. The Morgan fingerprint density at radius 3 is 2.33 bits per heavy atom. The van der Waals surface area contributed by atoms with Crippen molar-refractivity contribution in [3.63, 3.8) is 0 Å². The monoisotopic (exact) mass is 510 g/mol. The lowest BCUT2D eigenvalue weighted by molar-refractivity contribution is -0.274. The van der Waals surface area contributed by atoms with Crippen LogP contribution in [0.2, 0.25) is 0 Å². The van der Waals surface area contributed by atoms with Crippen LogP contribution in [-0.4, -0.2) is 22.4 Å². The minimum Gasteiger partial charge on any atom is -0.406 e. The summed E-state index contributed by atoms with van der Waals surface area (Å²) >= 11 is 0. The van der Waals surface area contributed by atoms with Crippen molar-refractivity contribution in [2.45, 2.75) is 57.6 Å². The summed E-state index contributed by atoms with van der Waals surface area (Å²) in [4.78, 5) is 8.91. The van der Waals surface area contributed by atoms with Crippen molar-refractivity contribution >= 4 is 17.5 Å². The molecule has 2 aromatic carbocycles. The van der Waals surface area contributed by atoms with Gasteiger partial charge in [-0.15, -0.1) is 13.2 Å². The van der Waals surface area contributed by atoms with E-state index in [1.807, 2.05) is 0 Å². The molecule has 5 nitrogen and oxygen atoms in total. The zero-order valence-corrected chi connectivity index (χ0v) is 19.3. The molecule has 0 spiro atoms. The first-order valence-corrected chi connectivity index (χ1v) is 11.4. The van der Waals surface area contributed by atoms with Crippen LogP contribution in [0.3, 0.4) is 0 Å². The average Bonchev–Trinajstić information content (AvgIpc) is 2.79. The minimum atomic E-state index is -4.86. The van der Waals surface area contributed by atoms with Crippen LogP contribution in [0.1, 0.15) is 43.2 Å². The van der Waals surface area contributed by atoms with Gasteiger partial charge in [0.15, 0.2) is 0 Å². The molecule has 192 valence electrons. The number of nitrogens with one attached hydrogen (secondary N) is 2. The summed E-state index contributed by atoms with van der Waals surface area (Å²) in [5, 5.41) is 6.19. The second-order valence-electron chi connectivity index (χ2n) is 8.67. The summed E-state index contributed by atoms with van der Waals surface area (Å²) in [7, 11) is 0. The Balaban J connectivity index is 1.71. The molecule has 0 amide bonds. The van der Waals surface area contributed by atoms with Gasteiger partial charge in [-0.25, -0.2) is 4.98 Å². The van der Waals surface area contributed by atoms with Crippen molar-refractivity contribution < 1.29 is 31.1 Å². The lowest BCUT2D eigenvalue weighted by Crippen LogP contribution is -2.23. The Morgan fingerprint density at radius 2 is 1.64 bits per heavy atom. The molecule has 11 heteroatoms. The Hall–Kier alpha value is -3.50. The van der Waals surface area contributed by atoms with Gasteiger partial charge in [0.25, 0.3) is 0 Å². The van der Waals surface area contributed by atoms with E-state index in [9.17, 15) is 26.3 Å². The van der Waals surface area contributed by atoms with Gasteiger partial charge in [-0.2, -0.15) is 18.2 Å². The van der Waals surface area contributed by atoms with Gasteiger partial charge in [-0.3, -0.25) is 0 Å². The first-order chi connectivity index (χ1) is 17.0. The van der Waals surface area contributed by atoms with Crippen molar-refractivity contribution in [2.24, 2.45) is 0 Å². The number of hydrogen-bond acceptors (Lipinski definition) is 5. The largest absolute Gasteiger partial charge is 0.573 e. The predicted molar refractivity (Wildman–Crippen MR) is 124 cm³/mol. The summed E-state index contributed by atoms with van der Waals surface area (Å²) in [5.41, 5.74) is 0.554. The van der Waals surface area contributed by atoms with E-state index >= 15 is 0 Å². The fourth-order valence-corrected chi connectivity index (χ4v) is 4.08. The second kappa shape index (κ2) is 10.2. The highest BCUT2D eigenvalue weighted by Crippen LogP contribution is 2.34. The molecule has 4 rings (SSSR count). The Kier molecular flexibility index (Phi) is 7.28. The van der Waals surface area contributed by atoms with Crippen LogP contribution in [0.4, 0.5) is 43.8 Å². The van der Waals surface area contributed by atoms with Crippen molar-refractivity contribution in [1.82, 2.24) is 9.97 Å². The number of hydrogen-bond donors (Lipinski definition) is 2. The van der Waals surface area contributed by atoms with E-state index in [0.29, 0.717) is 11.1 Å². The normalized spacial score (nSPS) is 15.0. The van der Waals surface area contributed by atoms with Crippen LogP contribution >= 0.6 is 0 Å². The third-order valence-electron chi connectivity index (χ3n) is 5.86. The molecular weight excluding hydrogens is 486 g/mol. The van der Waals surface area contributed by atoms with E-state index < -0.39 is 23.9 Å². The molecule has 1 aliphatic carbocycles. The van der Waals surface area contributed by atoms with Crippen LogP contribution < -0.4 is 15.4 Å².